The third-order valence-corrected chi connectivity index (χ3v) is 5.69. The summed E-state index contributed by atoms with van der Waals surface area (Å²) >= 11 is 0. The van der Waals surface area contributed by atoms with Gasteiger partial charge in [0.1, 0.15) is 0 Å². The van der Waals surface area contributed by atoms with Crippen LogP contribution in [0.4, 0.5) is 5.69 Å². The second-order valence-corrected chi connectivity index (χ2v) is 7.75. The monoisotopic (exact) mass is 389 g/mol. The van der Waals surface area contributed by atoms with Crippen molar-refractivity contribution < 1.29 is 14.6 Å². The minimum absolute atomic E-state index is 0.114. The molecule has 0 radical (unpaired) electrons. The zero-order valence-corrected chi connectivity index (χ0v) is 16.8. The molecule has 0 amide bonds. The fourth-order valence-electron chi connectivity index (χ4n) is 4.14. The average molecular weight is 389 g/mol. The minimum atomic E-state index is -0.783. The number of ether oxygens (including phenoxy) is 1. The Labute approximate surface area is 171 Å². The van der Waals surface area contributed by atoms with Gasteiger partial charge in [0, 0.05) is 19.0 Å². The van der Waals surface area contributed by atoms with Gasteiger partial charge in [-0.05, 0) is 72.2 Å². The number of carbonyl (C=O) groups is 1. The molecule has 4 heteroatoms. The van der Waals surface area contributed by atoms with E-state index in [2.05, 4.69) is 41.7 Å². The Kier molecular flexibility index (Phi) is 5.70. The van der Waals surface area contributed by atoms with Gasteiger partial charge in [0.15, 0.2) is 5.75 Å². The van der Waals surface area contributed by atoms with Crippen molar-refractivity contribution in [2.45, 2.75) is 44.6 Å². The third kappa shape index (κ3) is 4.37. The summed E-state index contributed by atoms with van der Waals surface area (Å²) in [7, 11) is 1.89. The molecule has 3 aromatic carbocycles. The topological polar surface area (TPSA) is 58.6 Å². The first kappa shape index (κ1) is 19.3. The highest BCUT2D eigenvalue weighted by Gasteiger charge is 2.21. The number of aliphatic carboxylic acids is 1. The van der Waals surface area contributed by atoms with Crippen molar-refractivity contribution in [3.63, 3.8) is 0 Å². The van der Waals surface area contributed by atoms with E-state index in [0.29, 0.717) is 6.42 Å². The molecular formula is C25H27NO3. The van der Waals surface area contributed by atoms with E-state index in [-0.39, 0.29) is 12.5 Å². The van der Waals surface area contributed by atoms with Gasteiger partial charge in [-0.25, -0.2) is 0 Å². The van der Waals surface area contributed by atoms with Gasteiger partial charge in [0.2, 0.25) is 0 Å². The number of aryl methyl sites for hydroxylation is 1. The summed E-state index contributed by atoms with van der Waals surface area (Å²) in [6.07, 6.45) is 5.44. The fourth-order valence-corrected chi connectivity index (χ4v) is 4.14. The lowest BCUT2D eigenvalue weighted by atomic mass is 9.96. The highest BCUT2D eigenvalue weighted by atomic mass is 16.5. The Morgan fingerprint density at radius 2 is 1.83 bits per heavy atom. The van der Waals surface area contributed by atoms with Crippen molar-refractivity contribution in [3.05, 3.63) is 60.2 Å². The Morgan fingerprint density at radius 1 is 1.07 bits per heavy atom. The maximum Gasteiger partial charge on any atom is 0.303 e. The highest BCUT2D eigenvalue weighted by molar-refractivity contribution is 5.90. The van der Waals surface area contributed by atoms with E-state index in [1.165, 1.54) is 23.6 Å². The largest absolute Gasteiger partial charge is 0.488 e. The van der Waals surface area contributed by atoms with Crippen molar-refractivity contribution in [3.8, 4) is 16.9 Å². The van der Waals surface area contributed by atoms with Gasteiger partial charge in [-0.2, -0.15) is 0 Å². The van der Waals surface area contributed by atoms with E-state index in [1.807, 2.05) is 25.2 Å². The normalized spacial score (nSPS) is 14.2. The van der Waals surface area contributed by atoms with Gasteiger partial charge in [-0.15, -0.1) is 0 Å². The second-order valence-electron chi connectivity index (χ2n) is 7.75. The van der Waals surface area contributed by atoms with Crippen molar-refractivity contribution >= 4 is 22.4 Å². The van der Waals surface area contributed by atoms with Crippen LogP contribution in [0.5, 0.6) is 5.75 Å². The molecule has 1 saturated carbocycles. The van der Waals surface area contributed by atoms with Crippen LogP contribution in [0.15, 0.2) is 54.6 Å². The standard InChI is InChI=1S/C25H27NO3/c1-26-23-15-17(10-13-24(27)28)14-22(25(23)29-21-8-4-5-9-21)20-12-11-18-6-2-3-7-19(18)16-20/h2-3,6-7,11-12,14-16,21,26H,4-5,8-10,13H2,1H3,(H,27,28). The molecule has 2 N–H and O–H groups in total. The van der Waals surface area contributed by atoms with Crippen LogP contribution in [-0.2, 0) is 11.2 Å². The van der Waals surface area contributed by atoms with Crippen LogP contribution in [0.1, 0.15) is 37.7 Å². The van der Waals surface area contributed by atoms with Gasteiger partial charge in [-0.3, -0.25) is 4.79 Å². The summed E-state index contributed by atoms with van der Waals surface area (Å²) in [5, 5.41) is 14.8. The summed E-state index contributed by atoms with van der Waals surface area (Å²) in [6.45, 7) is 0. The van der Waals surface area contributed by atoms with E-state index in [1.54, 1.807) is 0 Å². The molecule has 0 heterocycles. The molecule has 1 aliphatic rings. The molecule has 0 unspecified atom stereocenters. The van der Waals surface area contributed by atoms with Gasteiger partial charge in [0.05, 0.1) is 11.8 Å². The molecule has 150 valence electrons. The van der Waals surface area contributed by atoms with Gasteiger partial charge >= 0.3 is 5.97 Å². The van der Waals surface area contributed by atoms with Crippen molar-refractivity contribution in [2.24, 2.45) is 0 Å². The van der Waals surface area contributed by atoms with E-state index in [9.17, 15) is 4.79 Å². The molecule has 4 nitrogen and oxygen atoms in total. The Bertz CT molecular complexity index is 1020. The molecule has 0 saturated heterocycles. The van der Waals surface area contributed by atoms with Crippen LogP contribution in [0.25, 0.3) is 21.9 Å². The molecule has 0 aromatic heterocycles. The highest BCUT2D eigenvalue weighted by Crippen LogP contribution is 2.41. The molecule has 29 heavy (non-hydrogen) atoms. The molecule has 1 fully saturated rings. The summed E-state index contributed by atoms with van der Waals surface area (Å²) in [5.41, 5.74) is 4.03. The Hall–Kier alpha value is -3.01. The summed E-state index contributed by atoms with van der Waals surface area (Å²) < 4.78 is 6.50. The summed E-state index contributed by atoms with van der Waals surface area (Å²) in [5.74, 6) is 0.0864. The predicted octanol–water partition coefficient (Wildman–Crippen LogP) is 5.89. The van der Waals surface area contributed by atoms with Crippen molar-refractivity contribution in [1.82, 2.24) is 0 Å². The summed E-state index contributed by atoms with van der Waals surface area (Å²) in [6, 6.07) is 18.9. The zero-order valence-electron chi connectivity index (χ0n) is 16.8. The number of hydrogen-bond acceptors (Lipinski definition) is 3. The number of benzene rings is 3. The SMILES string of the molecule is CNc1cc(CCC(=O)O)cc(-c2ccc3ccccc3c2)c1OC1CCCC1. The predicted molar refractivity (Wildman–Crippen MR) is 118 cm³/mol. The van der Waals surface area contributed by atoms with Gasteiger partial charge in [-0.1, -0.05) is 36.4 Å². The first-order valence-corrected chi connectivity index (χ1v) is 10.4. The van der Waals surface area contributed by atoms with Crippen LogP contribution in [0.3, 0.4) is 0 Å². The summed E-state index contributed by atoms with van der Waals surface area (Å²) in [4.78, 5) is 11.1. The minimum Gasteiger partial charge on any atom is -0.488 e. The first-order chi connectivity index (χ1) is 14.1. The lowest BCUT2D eigenvalue weighted by Gasteiger charge is -2.21. The Morgan fingerprint density at radius 3 is 2.55 bits per heavy atom. The Balaban J connectivity index is 1.81. The van der Waals surface area contributed by atoms with Crippen LogP contribution < -0.4 is 10.1 Å². The number of anilines is 1. The van der Waals surface area contributed by atoms with Crippen molar-refractivity contribution in [2.75, 3.05) is 12.4 Å². The molecule has 4 rings (SSSR count). The second kappa shape index (κ2) is 8.56. The molecular weight excluding hydrogens is 362 g/mol. The molecule has 0 bridgehead atoms. The molecule has 3 aromatic rings. The molecule has 1 aliphatic carbocycles. The van der Waals surface area contributed by atoms with Crippen LogP contribution >= 0.6 is 0 Å². The van der Waals surface area contributed by atoms with E-state index >= 15 is 0 Å². The van der Waals surface area contributed by atoms with Gasteiger partial charge in [0.25, 0.3) is 0 Å². The number of hydrogen-bond donors (Lipinski definition) is 2. The van der Waals surface area contributed by atoms with Crippen molar-refractivity contribution in [1.29, 1.82) is 0 Å². The third-order valence-electron chi connectivity index (χ3n) is 5.69. The van der Waals surface area contributed by atoms with Crippen LogP contribution in [-0.4, -0.2) is 24.2 Å². The maximum absolute atomic E-state index is 11.1. The first-order valence-electron chi connectivity index (χ1n) is 10.4. The van der Waals surface area contributed by atoms with Crippen LogP contribution in [0, 0.1) is 0 Å². The zero-order chi connectivity index (χ0) is 20.2. The number of rotatable bonds is 7. The van der Waals surface area contributed by atoms with Crippen LogP contribution in [0.2, 0.25) is 0 Å². The van der Waals surface area contributed by atoms with E-state index < -0.39 is 5.97 Å². The lowest BCUT2D eigenvalue weighted by Crippen LogP contribution is -2.13. The maximum atomic E-state index is 11.1. The number of nitrogens with one attached hydrogen (secondary N) is 1. The number of carboxylic acids is 1. The molecule has 0 atom stereocenters. The molecule has 0 aliphatic heterocycles. The van der Waals surface area contributed by atoms with E-state index in [0.717, 1.165) is 41.0 Å². The smallest absolute Gasteiger partial charge is 0.303 e. The molecule has 0 spiro atoms. The van der Waals surface area contributed by atoms with Gasteiger partial charge < -0.3 is 15.2 Å². The lowest BCUT2D eigenvalue weighted by molar-refractivity contribution is -0.136. The average Bonchev–Trinajstić information content (AvgIpc) is 3.25. The number of fused-ring (bicyclic) bond motifs is 1. The van der Waals surface area contributed by atoms with E-state index in [4.69, 9.17) is 9.84 Å². The number of carboxylic acid groups (broad SMARTS) is 1. The quantitative estimate of drug-likeness (QED) is 0.529. The fraction of sp³-hybridized carbons (Fsp3) is 0.320.